The minimum atomic E-state index is -0.329. The van der Waals surface area contributed by atoms with Crippen LogP contribution < -0.4 is 5.73 Å². The smallest absolute Gasteiger partial charge is 0.133 e. The SMILES string of the molecule is CCC1CCCCCN1Cc1ccc(F)c(C(N)=S)c1. The van der Waals surface area contributed by atoms with Gasteiger partial charge in [-0.3, -0.25) is 4.90 Å². The molecule has 2 nitrogen and oxygen atoms in total. The van der Waals surface area contributed by atoms with Crippen LogP contribution in [0.3, 0.4) is 0 Å². The van der Waals surface area contributed by atoms with Crippen LogP contribution in [0, 0.1) is 5.82 Å². The quantitative estimate of drug-likeness (QED) is 0.860. The van der Waals surface area contributed by atoms with Crippen molar-refractivity contribution in [2.45, 2.75) is 51.6 Å². The summed E-state index contributed by atoms with van der Waals surface area (Å²) in [5, 5.41) is 0. The molecular formula is C16H23FN2S. The van der Waals surface area contributed by atoms with E-state index in [-0.39, 0.29) is 10.8 Å². The molecule has 1 aliphatic heterocycles. The van der Waals surface area contributed by atoms with Gasteiger partial charge in [-0.05, 0) is 43.5 Å². The maximum Gasteiger partial charge on any atom is 0.133 e. The van der Waals surface area contributed by atoms with Gasteiger partial charge in [-0.25, -0.2) is 4.39 Å². The first kappa shape index (κ1) is 15.4. The normalized spacial score (nSPS) is 20.6. The molecule has 1 heterocycles. The summed E-state index contributed by atoms with van der Waals surface area (Å²) in [6.45, 7) is 4.22. The molecule has 0 bridgehead atoms. The third-order valence-corrected chi connectivity index (χ3v) is 4.37. The number of rotatable bonds is 4. The van der Waals surface area contributed by atoms with E-state index in [2.05, 4.69) is 11.8 Å². The molecule has 20 heavy (non-hydrogen) atoms. The monoisotopic (exact) mass is 294 g/mol. The van der Waals surface area contributed by atoms with E-state index in [1.807, 2.05) is 6.07 Å². The lowest BCUT2D eigenvalue weighted by Gasteiger charge is -2.29. The lowest BCUT2D eigenvalue weighted by molar-refractivity contribution is 0.186. The molecule has 0 aliphatic carbocycles. The number of benzene rings is 1. The number of halogens is 1. The number of hydrogen-bond acceptors (Lipinski definition) is 2. The Morgan fingerprint density at radius 2 is 2.20 bits per heavy atom. The Hall–Kier alpha value is -1.00. The van der Waals surface area contributed by atoms with Gasteiger partial charge < -0.3 is 5.73 Å². The molecule has 1 atom stereocenters. The molecule has 2 rings (SSSR count). The van der Waals surface area contributed by atoms with E-state index in [9.17, 15) is 4.39 Å². The Balaban J connectivity index is 2.15. The van der Waals surface area contributed by atoms with Crippen molar-refractivity contribution in [3.05, 3.63) is 35.1 Å². The maximum atomic E-state index is 13.6. The third kappa shape index (κ3) is 3.76. The van der Waals surface area contributed by atoms with E-state index < -0.39 is 0 Å². The second kappa shape index (κ2) is 7.14. The molecule has 4 heteroatoms. The van der Waals surface area contributed by atoms with Gasteiger partial charge in [0.2, 0.25) is 0 Å². The fraction of sp³-hybridized carbons (Fsp3) is 0.562. The number of nitrogens with zero attached hydrogens (tertiary/aromatic N) is 1. The van der Waals surface area contributed by atoms with E-state index >= 15 is 0 Å². The van der Waals surface area contributed by atoms with Crippen molar-refractivity contribution in [3.8, 4) is 0 Å². The minimum Gasteiger partial charge on any atom is -0.389 e. The highest BCUT2D eigenvalue weighted by Crippen LogP contribution is 2.22. The summed E-state index contributed by atoms with van der Waals surface area (Å²) in [6.07, 6.45) is 6.31. The Morgan fingerprint density at radius 1 is 1.40 bits per heavy atom. The fourth-order valence-corrected chi connectivity index (χ4v) is 3.16. The van der Waals surface area contributed by atoms with Crippen LogP contribution in [0.15, 0.2) is 18.2 Å². The molecule has 1 saturated heterocycles. The number of thiocarbonyl (C=S) groups is 1. The Morgan fingerprint density at radius 3 is 2.90 bits per heavy atom. The van der Waals surface area contributed by atoms with Crippen LogP contribution in [0.4, 0.5) is 4.39 Å². The zero-order valence-corrected chi connectivity index (χ0v) is 12.9. The van der Waals surface area contributed by atoms with E-state index in [1.54, 1.807) is 6.07 Å². The van der Waals surface area contributed by atoms with Crippen LogP contribution in [0.1, 0.15) is 50.2 Å². The Bertz CT molecular complexity index is 476. The van der Waals surface area contributed by atoms with Crippen molar-refractivity contribution in [3.63, 3.8) is 0 Å². The largest absolute Gasteiger partial charge is 0.389 e. The summed E-state index contributed by atoms with van der Waals surface area (Å²) < 4.78 is 13.6. The number of hydrogen-bond donors (Lipinski definition) is 1. The van der Waals surface area contributed by atoms with Crippen LogP contribution in [0.5, 0.6) is 0 Å². The van der Waals surface area contributed by atoms with Gasteiger partial charge in [-0.2, -0.15) is 0 Å². The molecule has 0 radical (unpaired) electrons. The maximum absolute atomic E-state index is 13.6. The standard InChI is InChI=1S/C16H23FN2S/c1-2-13-6-4-3-5-9-19(13)11-12-7-8-15(17)14(10-12)16(18)20/h7-8,10,13H,2-6,9,11H2,1H3,(H2,18,20). The molecular weight excluding hydrogens is 271 g/mol. The molecule has 0 aromatic heterocycles. The lowest BCUT2D eigenvalue weighted by Crippen LogP contribution is -2.33. The van der Waals surface area contributed by atoms with Gasteiger partial charge in [0.05, 0.1) is 0 Å². The van der Waals surface area contributed by atoms with Crippen molar-refractivity contribution in [1.29, 1.82) is 0 Å². The summed E-state index contributed by atoms with van der Waals surface area (Å²) >= 11 is 4.91. The molecule has 2 N–H and O–H groups in total. The van der Waals surface area contributed by atoms with Crippen molar-refractivity contribution in [2.75, 3.05) is 6.54 Å². The van der Waals surface area contributed by atoms with Crippen LogP contribution in [0.25, 0.3) is 0 Å². The third-order valence-electron chi connectivity index (χ3n) is 4.15. The average Bonchev–Trinajstić information content (AvgIpc) is 2.65. The summed E-state index contributed by atoms with van der Waals surface area (Å²) in [5.74, 6) is -0.329. The molecule has 1 aliphatic rings. The highest BCUT2D eigenvalue weighted by Gasteiger charge is 2.19. The molecule has 1 aromatic carbocycles. The van der Waals surface area contributed by atoms with Gasteiger partial charge >= 0.3 is 0 Å². The van der Waals surface area contributed by atoms with Crippen molar-refractivity contribution >= 4 is 17.2 Å². The van der Waals surface area contributed by atoms with Crippen LogP contribution in [0.2, 0.25) is 0 Å². The van der Waals surface area contributed by atoms with E-state index in [4.69, 9.17) is 18.0 Å². The topological polar surface area (TPSA) is 29.3 Å². The van der Waals surface area contributed by atoms with Gasteiger partial charge in [-0.15, -0.1) is 0 Å². The zero-order valence-electron chi connectivity index (χ0n) is 12.1. The molecule has 110 valence electrons. The van der Waals surface area contributed by atoms with Crippen LogP contribution >= 0.6 is 12.2 Å². The summed E-state index contributed by atoms with van der Waals surface area (Å²) in [4.78, 5) is 2.65. The Kier molecular flexibility index (Phi) is 5.49. The first-order valence-corrected chi connectivity index (χ1v) is 7.85. The molecule has 1 fully saturated rings. The average molecular weight is 294 g/mol. The Labute approximate surface area is 126 Å². The van der Waals surface area contributed by atoms with Crippen LogP contribution in [-0.4, -0.2) is 22.5 Å². The van der Waals surface area contributed by atoms with E-state index in [1.165, 1.54) is 38.2 Å². The fourth-order valence-electron chi connectivity index (χ4n) is 3.00. The summed E-state index contributed by atoms with van der Waals surface area (Å²) in [6, 6.07) is 5.75. The minimum absolute atomic E-state index is 0.132. The lowest BCUT2D eigenvalue weighted by atomic mass is 10.1. The molecule has 0 saturated carbocycles. The van der Waals surface area contributed by atoms with Crippen molar-refractivity contribution in [1.82, 2.24) is 4.90 Å². The van der Waals surface area contributed by atoms with Gasteiger partial charge in [0.25, 0.3) is 0 Å². The van der Waals surface area contributed by atoms with Gasteiger partial charge in [0.1, 0.15) is 10.8 Å². The van der Waals surface area contributed by atoms with Crippen molar-refractivity contribution < 1.29 is 4.39 Å². The first-order chi connectivity index (χ1) is 9.61. The summed E-state index contributed by atoms with van der Waals surface area (Å²) in [5.41, 5.74) is 7.03. The van der Waals surface area contributed by atoms with Gasteiger partial charge in [0.15, 0.2) is 0 Å². The zero-order chi connectivity index (χ0) is 14.5. The molecule has 0 spiro atoms. The van der Waals surface area contributed by atoms with Gasteiger partial charge in [0, 0.05) is 18.2 Å². The summed E-state index contributed by atoms with van der Waals surface area (Å²) in [7, 11) is 0. The van der Waals surface area contributed by atoms with Gasteiger partial charge in [-0.1, -0.05) is 38.0 Å². The molecule has 1 unspecified atom stereocenters. The molecule has 1 aromatic rings. The highest BCUT2D eigenvalue weighted by atomic mass is 32.1. The molecule has 0 amide bonds. The highest BCUT2D eigenvalue weighted by molar-refractivity contribution is 7.80. The van der Waals surface area contributed by atoms with Crippen molar-refractivity contribution in [2.24, 2.45) is 5.73 Å². The predicted octanol–water partition coefficient (Wildman–Crippen LogP) is 3.61. The first-order valence-electron chi connectivity index (χ1n) is 7.44. The van der Waals surface area contributed by atoms with Crippen LogP contribution in [-0.2, 0) is 6.54 Å². The number of likely N-dealkylation sites (tertiary alicyclic amines) is 1. The van der Waals surface area contributed by atoms with E-state index in [0.717, 1.165) is 18.7 Å². The predicted molar refractivity (Wildman–Crippen MR) is 85.2 cm³/mol. The number of nitrogens with two attached hydrogens (primary N) is 1. The second-order valence-electron chi connectivity index (χ2n) is 5.56. The second-order valence-corrected chi connectivity index (χ2v) is 6.00. The van der Waals surface area contributed by atoms with E-state index in [0.29, 0.717) is 11.6 Å².